The lowest BCUT2D eigenvalue weighted by molar-refractivity contribution is -0.0484. The molecule has 0 spiro atoms. The lowest BCUT2D eigenvalue weighted by Crippen LogP contribution is -2.65. The first-order chi connectivity index (χ1) is 9.88. The summed E-state index contributed by atoms with van der Waals surface area (Å²) in [5.41, 5.74) is 6.57. The van der Waals surface area contributed by atoms with Crippen molar-refractivity contribution in [2.45, 2.75) is 65.5 Å². The van der Waals surface area contributed by atoms with Crippen molar-refractivity contribution in [2.24, 2.45) is 23.5 Å². The molecule has 3 heteroatoms. The van der Waals surface area contributed by atoms with Gasteiger partial charge in [-0.25, -0.2) is 0 Å². The highest BCUT2D eigenvalue weighted by Gasteiger charge is 2.44. The predicted octanol–water partition coefficient (Wildman–Crippen LogP) is 2.80. The minimum atomic E-state index is 0.260. The average molecular weight is 296 g/mol. The highest BCUT2D eigenvalue weighted by molar-refractivity contribution is 5.01. The smallest absolute Gasteiger partial charge is 0.0359 e. The number of hydrogen-bond acceptors (Lipinski definition) is 3. The van der Waals surface area contributed by atoms with Crippen molar-refractivity contribution >= 4 is 0 Å². The topological polar surface area (TPSA) is 32.5 Å². The van der Waals surface area contributed by atoms with Gasteiger partial charge in [0.2, 0.25) is 0 Å². The molecule has 0 amide bonds. The summed E-state index contributed by atoms with van der Waals surface area (Å²) in [6, 6.07) is 0.682. The third-order valence-electron chi connectivity index (χ3n) is 6.00. The number of hydrogen-bond donors (Lipinski definition) is 1. The van der Waals surface area contributed by atoms with Crippen LogP contribution in [0.1, 0.15) is 53.9 Å². The number of nitrogens with two attached hydrogens (primary N) is 1. The maximum absolute atomic E-state index is 6.31. The summed E-state index contributed by atoms with van der Waals surface area (Å²) in [6.07, 6.45) is 3.87. The van der Waals surface area contributed by atoms with E-state index in [2.05, 4.69) is 44.4 Å². The normalized spacial score (nSPS) is 35.3. The van der Waals surface area contributed by atoms with Gasteiger partial charge in [0.1, 0.15) is 0 Å². The van der Waals surface area contributed by atoms with E-state index in [1.54, 1.807) is 0 Å². The van der Waals surface area contributed by atoms with Gasteiger partial charge in [-0.2, -0.15) is 0 Å². The minimum absolute atomic E-state index is 0.260. The molecule has 0 aromatic rings. The van der Waals surface area contributed by atoms with E-state index in [4.69, 9.17) is 5.73 Å². The third-order valence-corrected chi connectivity index (χ3v) is 6.00. The Morgan fingerprint density at radius 1 is 1.14 bits per heavy atom. The SMILES string of the molecule is CC(C)CN1CCC(CN)(N2CC(C)CC(C)C2C)CC1. The average Bonchev–Trinajstić information content (AvgIpc) is 2.43. The number of likely N-dealkylation sites (tertiary alicyclic amines) is 2. The molecule has 0 aliphatic carbocycles. The van der Waals surface area contributed by atoms with E-state index in [9.17, 15) is 0 Å². The minimum Gasteiger partial charge on any atom is -0.329 e. The summed E-state index contributed by atoms with van der Waals surface area (Å²) in [6.45, 7) is 17.7. The Balaban J connectivity index is 2.05. The standard InChI is InChI=1S/C18H37N3/c1-14(2)11-20-8-6-18(13-19,7-9-20)21-12-15(3)10-16(4)17(21)5/h14-17H,6-13,19H2,1-5H3. The second-order valence-corrected chi connectivity index (χ2v) is 8.33. The molecule has 0 bridgehead atoms. The van der Waals surface area contributed by atoms with Gasteiger partial charge in [-0.15, -0.1) is 0 Å². The van der Waals surface area contributed by atoms with Crippen LogP contribution in [-0.4, -0.2) is 54.1 Å². The maximum Gasteiger partial charge on any atom is 0.0359 e. The lowest BCUT2D eigenvalue weighted by atomic mass is 9.77. The van der Waals surface area contributed by atoms with Gasteiger partial charge in [0.25, 0.3) is 0 Å². The predicted molar refractivity (Wildman–Crippen MR) is 91.4 cm³/mol. The highest BCUT2D eigenvalue weighted by atomic mass is 15.3. The molecular formula is C18H37N3. The van der Waals surface area contributed by atoms with Gasteiger partial charge in [-0.05, 0) is 57.0 Å². The van der Waals surface area contributed by atoms with Crippen LogP contribution >= 0.6 is 0 Å². The quantitative estimate of drug-likeness (QED) is 0.865. The zero-order valence-corrected chi connectivity index (χ0v) is 14.9. The summed E-state index contributed by atoms with van der Waals surface area (Å²) in [5.74, 6) is 2.38. The fourth-order valence-electron chi connectivity index (χ4n) is 4.62. The molecule has 0 aromatic heterocycles. The van der Waals surface area contributed by atoms with Crippen LogP contribution in [0, 0.1) is 17.8 Å². The molecular weight excluding hydrogens is 258 g/mol. The van der Waals surface area contributed by atoms with E-state index in [0.29, 0.717) is 6.04 Å². The molecule has 2 heterocycles. The van der Waals surface area contributed by atoms with Crippen LogP contribution in [0.25, 0.3) is 0 Å². The van der Waals surface area contributed by atoms with Crippen molar-refractivity contribution in [1.82, 2.24) is 9.80 Å². The summed E-state index contributed by atoms with van der Waals surface area (Å²) in [7, 11) is 0. The third kappa shape index (κ3) is 3.80. The van der Waals surface area contributed by atoms with Gasteiger partial charge in [-0.3, -0.25) is 4.90 Å². The van der Waals surface area contributed by atoms with E-state index in [-0.39, 0.29) is 5.54 Å². The van der Waals surface area contributed by atoms with Crippen molar-refractivity contribution in [3.05, 3.63) is 0 Å². The lowest BCUT2D eigenvalue weighted by Gasteiger charge is -2.55. The molecule has 124 valence electrons. The van der Waals surface area contributed by atoms with Crippen LogP contribution in [-0.2, 0) is 0 Å². The molecule has 21 heavy (non-hydrogen) atoms. The van der Waals surface area contributed by atoms with Gasteiger partial charge in [0.05, 0.1) is 0 Å². The number of rotatable bonds is 4. The van der Waals surface area contributed by atoms with Gasteiger partial charge in [0, 0.05) is 31.2 Å². The van der Waals surface area contributed by atoms with Crippen molar-refractivity contribution in [3.8, 4) is 0 Å². The molecule has 3 unspecified atom stereocenters. The first kappa shape index (κ1) is 17.2. The van der Waals surface area contributed by atoms with E-state index in [1.165, 1.54) is 45.4 Å². The number of nitrogens with zero attached hydrogens (tertiary/aromatic N) is 2. The van der Waals surface area contributed by atoms with Crippen molar-refractivity contribution in [1.29, 1.82) is 0 Å². The molecule has 3 nitrogen and oxygen atoms in total. The molecule has 3 atom stereocenters. The molecule has 0 saturated carbocycles. The van der Waals surface area contributed by atoms with Crippen LogP contribution in [0.3, 0.4) is 0 Å². The van der Waals surface area contributed by atoms with Crippen molar-refractivity contribution < 1.29 is 0 Å². The van der Waals surface area contributed by atoms with Crippen LogP contribution in [0.2, 0.25) is 0 Å². The summed E-state index contributed by atoms with van der Waals surface area (Å²) in [4.78, 5) is 5.43. The fourth-order valence-corrected chi connectivity index (χ4v) is 4.62. The van der Waals surface area contributed by atoms with Crippen LogP contribution < -0.4 is 5.73 Å². The zero-order chi connectivity index (χ0) is 15.6. The second-order valence-electron chi connectivity index (χ2n) is 8.33. The van der Waals surface area contributed by atoms with Crippen molar-refractivity contribution in [3.63, 3.8) is 0 Å². The van der Waals surface area contributed by atoms with Gasteiger partial charge >= 0.3 is 0 Å². The van der Waals surface area contributed by atoms with Crippen LogP contribution in [0.15, 0.2) is 0 Å². The monoisotopic (exact) mass is 295 g/mol. The van der Waals surface area contributed by atoms with E-state index in [1.807, 2.05) is 0 Å². The summed E-state index contributed by atoms with van der Waals surface area (Å²) in [5, 5.41) is 0. The summed E-state index contributed by atoms with van der Waals surface area (Å²) < 4.78 is 0. The van der Waals surface area contributed by atoms with Gasteiger partial charge in [0.15, 0.2) is 0 Å². The Bertz CT molecular complexity index is 320. The molecule has 2 N–H and O–H groups in total. The molecule has 2 aliphatic heterocycles. The molecule has 0 radical (unpaired) electrons. The van der Waals surface area contributed by atoms with E-state index < -0.39 is 0 Å². The van der Waals surface area contributed by atoms with Gasteiger partial charge < -0.3 is 10.6 Å². The molecule has 2 aliphatic rings. The summed E-state index contributed by atoms with van der Waals surface area (Å²) >= 11 is 0. The first-order valence-corrected chi connectivity index (χ1v) is 9.07. The zero-order valence-electron chi connectivity index (χ0n) is 14.9. The fraction of sp³-hybridized carbons (Fsp3) is 1.00. The Morgan fingerprint density at radius 3 is 2.29 bits per heavy atom. The molecule has 2 saturated heterocycles. The highest BCUT2D eigenvalue weighted by Crippen LogP contribution is 2.37. The van der Waals surface area contributed by atoms with Crippen LogP contribution in [0.4, 0.5) is 0 Å². The first-order valence-electron chi connectivity index (χ1n) is 9.07. The van der Waals surface area contributed by atoms with E-state index >= 15 is 0 Å². The largest absolute Gasteiger partial charge is 0.329 e. The molecule has 2 rings (SSSR count). The maximum atomic E-state index is 6.31. The van der Waals surface area contributed by atoms with E-state index in [0.717, 1.165) is 24.3 Å². The van der Waals surface area contributed by atoms with Gasteiger partial charge in [-0.1, -0.05) is 27.7 Å². The molecule has 2 fully saturated rings. The van der Waals surface area contributed by atoms with Crippen LogP contribution in [0.5, 0.6) is 0 Å². The Labute approximate surface area is 132 Å². The Hall–Kier alpha value is -0.120. The van der Waals surface area contributed by atoms with Crippen molar-refractivity contribution in [2.75, 3.05) is 32.7 Å². The Kier molecular flexibility index (Phi) is 5.72. The molecule has 0 aromatic carbocycles. The second kappa shape index (κ2) is 6.97. The number of piperidine rings is 2. The Morgan fingerprint density at radius 2 is 1.76 bits per heavy atom.